The fraction of sp³-hybridized carbons (Fsp3) is 0.261. The molecule has 0 fully saturated rings. The van der Waals surface area contributed by atoms with Crippen LogP contribution in [0.2, 0.25) is 5.02 Å². The van der Waals surface area contributed by atoms with Crippen LogP contribution in [0.1, 0.15) is 42.0 Å². The lowest BCUT2D eigenvalue weighted by Crippen LogP contribution is -2.22. The number of aryl methyl sites for hydroxylation is 2. The molecule has 32 heavy (non-hydrogen) atoms. The summed E-state index contributed by atoms with van der Waals surface area (Å²) in [5, 5.41) is 2.90. The number of pyridine rings is 2. The summed E-state index contributed by atoms with van der Waals surface area (Å²) in [5.41, 5.74) is 3.11. The molecule has 0 N–H and O–H groups in total. The van der Waals surface area contributed by atoms with Gasteiger partial charge in [-0.05, 0) is 32.0 Å². The van der Waals surface area contributed by atoms with Crippen LogP contribution in [-0.2, 0) is 6.61 Å². The van der Waals surface area contributed by atoms with Crippen LogP contribution in [0.3, 0.4) is 0 Å². The van der Waals surface area contributed by atoms with E-state index in [1.54, 1.807) is 41.9 Å². The van der Waals surface area contributed by atoms with E-state index in [1.807, 2.05) is 39.1 Å². The number of hydrogen-bond acceptors (Lipinski definition) is 7. The maximum Gasteiger partial charge on any atom is 0.277 e. The molecule has 0 atom stereocenters. The predicted octanol–water partition coefficient (Wildman–Crippen LogP) is 5.12. The summed E-state index contributed by atoms with van der Waals surface area (Å²) in [5.74, 6) is 1.27. The summed E-state index contributed by atoms with van der Waals surface area (Å²) in [6, 6.07) is 7.13. The first-order valence-electron chi connectivity index (χ1n) is 10.1. The first-order chi connectivity index (χ1) is 15.3. The summed E-state index contributed by atoms with van der Waals surface area (Å²) < 4.78 is 7.33. The van der Waals surface area contributed by atoms with Crippen molar-refractivity contribution in [1.82, 2.24) is 24.5 Å². The van der Waals surface area contributed by atoms with Crippen LogP contribution in [0.5, 0.6) is 5.75 Å². The van der Waals surface area contributed by atoms with Gasteiger partial charge in [-0.2, -0.15) is 0 Å². The number of nitrogens with zero attached hydrogens (tertiary/aromatic N) is 5. The molecular weight excluding hydrogens is 446 g/mol. The molecule has 0 saturated heterocycles. The minimum atomic E-state index is -0.362. The Morgan fingerprint density at radius 1 is 1.09 bits per heavy atom. The Balaban J connectivity index is 1.68. The second kappa shape index (κ2) is 9.18. The zero-order valence-electron chi connectivity index (χ0n) is 18.2. The Labute approximate surface area is 194 Å². The van der Waals surface area contributed by atoms with Gasteiger partial charge in [0, 0.05) is 35.5 Å². The normalized spacial score (nSPS) is 11.2. The minimum absolute atomic E-state index is 0.0186. The molecule has 0 amide bonds. The molecule has 0 bridgehead atoms. The molecule has 4 aromatic rings. The Hall–Kier alpha value is -3.10. The summed E-state index contributed by atoms with van der Waals surface area (Å²) in [6.07, 6.45) is 3.37. The van der Waals surface area contributed by atoms with E-state index in [2.05, 4.69) is 19.9 Å². The van der Waals surface area contributed by atoms with Crippen LogP contribution in [0.15, 0.2) is 46.8 Å². The van der Waals surface area contributed by atoms with Gasteiger partial charge in [-0.3, -0.25) is 14.3 Å². The highest BCUT2D eigenvalue weighted by Crippen LogP contribution is 2.26. The van der Waals surface area contributed by atoms with Gasteiger partial charge < -0.3 is 4.74 Å². The quantitative estimate of drug-likeness (QED) is 0.391. The molecule has 0 unspecified atom stereocenters. The van der Waals surface area contributed by atoms with Crippen molar-refractivity contribution in [2.75, 3.05) is 0 Å². The lowest BCUT2D eigenvalue weighted by molar-refractivity contribution is 0.301. The molecule has 4 aromatic heterocycles. The van der Waals surface area contributed by atoms with Crippen molar-refractivity contribution in [2.45, 2.75) is 40.2 Å². The van der Waals surface area contributed by atoms with Gasteiger partial charge in [-0.1, -0.05) is 25.4 Å². The van der Waals surface area contributed by atoms with Gasteiger partial charge in [0.25, 0.3) is 5.56 Å². The third kappa shape index (κ3) is 4.56. The third-order valence-electron chi connectivity index (χ3n) is 4.80. The van der Waals surface area contributed by atoms with Crippen molar-refractivity contribution >= 4 is 22.9 Å². The molecule has 0 spiro atoms. The molecule has 164 valence electrons. The van der Waals surface area contributed by atoms with E-state index in [0.29, 0.717) is 28.5 Å². The highest BCUT2D eigenvalue weighted by molar-refractivity contribution is 7.09. The second-order valence-corrected chi connectivity index (χ2v) is 9.05. The topological polar surface area (TPSA) is 82.8 Å². The first-order valence-corrected chi connectivity index (χ1v) is 11.3. The maximum absolute atomic E-state index is 13.1. The molecule has 9 heteroatoms. The van der Waals surface area contributed by atoms with Crippen LogP contribution in [0, 0.1) is 13.8 Å². The summed E-state index contributed by atoms with van der Waals surface area (Å²) in [4.78, 5) is 30.8. The van der Waals surface area contributed by atoms with Gasteiger partial charge in [-0.15, -0.1) is 11.3 Å². The zero-order valence-corrected chi connectivity index (χ0v) is 19.7. The molecule has 0 aliphatic rings. The molecule has 0 saturated carbocycles. The average molecular weight is 468 g/mol. The van der Waals surface area contributed by atoms with Crippen molar-refractivity contribution in [2.24, 2.45) is 0 Å². The second-order valence-electron chi connectivity index (χ2n) is 7.61. The maximum atomic E-state index is 13.1. The average Bonchev–Trinajstić information content (AvgIpc) is 3.20. The van der Waals surface area contributed by atoms with Crippen LogP contribution < -0.4 is 10.3 Å². The highest BCUT2D eigenvalue weighted by Gasteiger charge is 2.16. The van der Waals surface area contributed by atoms with Crippen molar-refractivity contribution in [3.8, 4) is 22.8 Å². The van der Waals surface area contributed by atoms with E-state index in [0.717, 1.165) is 16.5 Å². The largest absolute Gasteiger partial charge is 0.485 e. The fourth-order valence-corrected chi connectivity index (χ4v) is 4.02. The minimum Gasteiger partial charge on any atom is -0.485 e. The lowest BCUT2D eigenvalue weighted by Gasteiger charge is -2.15. The SMILES string of the molecule is Cc1nc(COc2cc(C)n(-c3ccnc(-c4ccnc(C(C)C)n4)c3)c(=O)c2Cl)cs1. The van der Waals surface area contributed by atoms with Gasteiger partial charge >= 0.3 is 0 Å². The fourth-order valence-electron chi connectivity index (χ4n) is 3.23. The summed E-state index contributed by atoms with van der Waals surface area (Å²) in [6.45, 7) is 8.08. The molecular formula is C23H22ClN5O2S. The highest BCUT2D eigenvalue weighted by atomic mass is 35.5. The smallest absolute Gasteiger partial charge is 0.277 e. The Morgan fingerprint density at radius 3 is 2.59 bits per heavy atom. The lowest BCUT2D eigenvalue weighted by atomic mass is 10.2. The molecule has 4 heterocycles. The number of thiazole rings is 1. The standard InChI is InChI=1S/C23H22ClN5O2S/c1-13(2)22-26-8-6-18(28-22)19-10-17(5-7-25-19)29-14(3)9-20(21(24)23(29)30)31-11-16-12-32-15(4)27-16/h5-10,12-13H,11H2,1-4H3. The summed E-state index contributed by atoms with van der Waals surface area (Å²) in [7, 11) is 0. The molecule has 0 aliphatic carbocycles. The number of hydrogen-bond donors (Lipinski definition) is 0. The van der Waals surface area contributed by atoms with Gasteiger partial charge in [0.05, 0.1) is 27.8 Å². The first kappa shape index (κ1) is 22.1. The predicted molar refractivity (Wildman–Crippen MR) is 126 cm³/mol. The van der Waals surface area contributed by atoms with E-state index in [-0.39, 0.29) is 23.1 Å². The van der Waals surface area contributed by atoms with Crippen molar-refractivity contribution in [3.63, 3.8) is 0 Å². The van der Waals surface area contributed by atoms with E-state index in [1.165, 1.54) is 4.57 Å². The molecule has 0 radical (unpaired) electrons. The van der Waals surface area contributed by atoms with E-state index in [4.69, 9.17) is 16.3 Å². The van der Waals surface area contributed by atoms with Crippen molar-refractivity contribution in [1.29, 1.82) is 0 Å². The molecule has 0 aromatic carbocycles. The Kier molecular flexibility index (Phi) is 6.34. The van der Waals surface area contributed by atoms with Gasteiger partial charge in [0.2, 0.25) is 0 Å². The number of rotatable bonds is 6. The van der Waals surface area contributed by atoms with Gasteiger partial charge in [0.15, 0.2) is 0 Å². The third-order valence-corrected chi connectivity index (χ3v) is 5.97. The van der Waals surface area contributed by atoms with Crippen LogP contribution in [0.4, 0.5) is 0 Å². The molecule has 7 nitrogen and oxygen atoms in total. The van der Waals surface area contributed by atoms with E-state index < -0.39 is 0 Å². The van der Waals surface area contributed by atoms with Crippen LogP contribution in [0.25, 0.3) is 17.1 Å². The van der Waals surface area contributed by atoms with Crippen LogP contribution in [-0.4, -0.2) is 24.5 Å². The molecule has 0 aliphatic heterocycles. The number of ether oxygens (including phenoxy) is 1. The summed E-state index contributed by atoms with van der Waals surface area (Å²) >= 11 is 7.94. The van der Waals surface area contributed by atoms with Crippen molar-refractivity contribution < 1.29 is 4.74 Å². The van der Waals surface area contributed by atoms with Gasteiger partial charge in [-0.25, -0.2) is 15.0 Å². The van der Waals surface area contributed by atoms with E-state index in [9.17, 15) is 4.79 Å². The number of aromatic nitrogens is 5. The van der Waals surface area contributed by atoms with Crippen molar-refractivity contribution in [3.05, 3.63) is 79.6 Å². The zero-order chi connectivity index (χ0) is 22.8. The Bertz CT molecular complexity index is 1330. The Morgan fingerprint density at radius 2 is 1.88 bits per heavy atom. The van der Waals surface area contributed by atoms with E-state index >= 15 is 0 Å². The monoisotopic (exact) mass is 467 g/mol. The van der Waals surface area contributed by atoms with Crippen LogP contribution >= 0.6 is 22.9 Å². The molecule has 4 rings (SSSR count). The van der Waals surface area contributed by atoms with Gasteiger partial charge in [0.1, 0.15) is 23.2 Å². The number of halogens is 1.